The van der Waals surface area contributed by atoms with Crippen LogP contribution >= 0.6 is 0 Å². The molecule has 2 amide bonds. The summed E-state index contributed by atoms with van der Waals surface area (Å²) in [6.07, 6.45) is 0.926. The molecule has 1 heterocycles. The molecule has 0 bridgehead atoms. The number of carbonyl (C=O) groups is 1. The quantitative estimate of drug-likeness (QED) is 0.749. The third-order valence-electron chi connectivity index (χ3n) is 3.49. The van der Waals surface area contributed by atoms with Gasteiger partial charge in [0.1, 0.15) is 5.76 Å². The molecule has 0 radical (unpaired) electrons. The number of rotatable bonds is 6. The monoisotopic (exact) mass is 297 g/mol. The highest BCUT2D eigenvalue weighted by Gasteiger charge is 2.22. The maximum absolute atomic E-state index is 11.8. The number of nitrogens with zero attached hydrogens (tertiary/aromatic N) is 1. The van der Waals surface area contributed by atoms with Crippen molar-refractivity contribution < 1.29 is 14.4 Å². The van der Waals surface area contributed by atoms with Crippen LogP contribution in [0.1, 0.15) is 51.6 Å². The molecule has 120 valence electrons. The van der Waals surface area contributed by atoms with E-state index in [-0.39, 0.29) is 18.0 Å². The number of hydrogen-bond acceptors (Lipinski definition) is 4. The number of amides is 2. The Bertz CT molecular complexity index is 442. The average Bonchev–Trinajstić information content (AvgIpc) is 2.83. The fourth-order valence-corrected chi connectivity index (χ4v) is 1.86. The van der Waals surface area contributed by atoms with E-state index in [4.69, 9.17) is 4.52 Å². The molecule has 0 fully saturated rings. The van der Waals surface area contributed by atoms with Crippen LogP contribution in [0, 0.1) is 5.41 Å². The van der Waals surface area contributed by atoms with Crippen LogP contribution in [0.3, 0.4) is 0 Å². The van der Waals surface area contributed by atoms with Crippen molar-refractivity contribution in [2.24, 2.45) is 5.41 Å². The van der Waals surface area contributed by atoms with Crippen molar-refractivity contribution in [3.05, 3.63) is 17.0 Å². The molecule has 3 N–H and O–H groups in total. The average molecular weight is 297 g/mol. The van der Waals surface area contributed by atoms with Gasteiger partial charge in [-0.3, -0.25) is 0 Å². The van der Waals surface area contributed by atoms with Gasteiger partial charge in [-0.2, -0.15) is 0 Å². The lowest BCUT2D eigenvalue weighted by Gasteiger charge is -2.25. The van der Waals surface area contributed by atoms with Crippen molar-refractivity contribution in [3.63, 3.8) is 0 Å². The van der Waals surface area contributed by atoms with Gasteiger partial charge in [0.2, 0.25) is 0 Å². The van der Waals surface area contributed by atoms with Crippen molar-refractivity contribution >= 4 is 6.03 Å². The SMILES string of the molecule is CCc1noc(CC)c1CNC(=O)NCC(O)C(C)(C)C. The second-order valence-electron chi connectivity index (χ2n) is 6.18. The van der Waals surface area contributed by atoms with E-state index in [0.29, 0.717) is 6.54 Å². The van der Waals surface area contributed by atoms with Crippen molar-refractivity contribution in [1.82, 2.24) is 15.8 Å². The van der Waals surface area contributed by atoms with Crippen molar-refractivity contribution in [1.29, 1.82) is 0 Å². The zero-order valence-electron chi connectivity index (χ0n) is 13.6. The number of hydrogen-bond donors (Lipinski definition) is 3. The maximum atomic E-state index is 11.8. The Kier molecular flexibility index (Phi) is 6.20. The zero-order valence-corrected chi connectivity index (χ0v) is 13.6. The highest BCUT2D eigenvalue weighted by molar-refractivity contribution is 5.73. The Balaban J connectivity index is 2.48. The first-order valence-corrected chi connectivity index (χ1v) is 7.45. The summed E-state index contributed by atoms with van der Waals surface area (Å²) in [7, 11) is 0. The largest absolute Gasteiger partial charge is 0.391 e. The van der Waals surface area contributed by atoms with Crippen LogP contribution in [0.15, 0.2) is 4.52 Å². The molecule has 0 aromatic carbocycles. The van der Waals surface area contributed by atoms with Crippen LogP contribution in [0.25, 0.3) is 0 Å². The second kappa shape index (κ2) is 7.45. The van der Waals surface area contributed by atoms with E-state index in [2.05, 4.69) is 15.8 Å². The van der Waals surface area contributed by atoms with Gasteiger partial charge in [0.15, 0.2) is 0 Å². The highest BCUT2D eigenvalue weighted by atomic mass is 16.5. The van der Waals surface area contributed by atoms with Gasteiger partial charge < -0.3 is 20.3 Å². The van der Waals surface area contributed by atoms with Crippen LogP contribution in [0.2, 0.25) is 0 Å². The fraction of sp³-hybridized carbons (Fsp3) is 0.733. The Morgan fingerprint density at radius 1 is 1.29 bits per heavy atom. The molecule has 6 heteroatoms. The number of aliphatic hydroxyl groups is 1. The smallest absolute Gasteiger partial charge is 0.315 e. The van der Waals surface area contributed by atoms with Gasteiger partial charge in [0.25, 0.3) is 0 Å². The lowest BCUT2D eigenvalue weighted by molar-refractivity contribution is 0.0650. The molecular formula is C15H27N3O3. The molecule has 21 heavy (non-hydrogen) atoms. The van der Waals surface area contributed by atoms with E-state index in [1.807, 2.05) is 34.6 Å². The minimum absolute atomic E-state index is 0.222. The Hall–Kier alpha value is -1.56. The molecule has 1 rings (SSSR count). The molecule has 0 aliphatic heterocycles. The number of aryl methyl sites for hydroxylation is 2. The van der Waals surface area contributed by atoms with Crippen LogP contribution < -0.4 is 10.6 Å². The van der Waals surface area contributed by atoms with Crippen LogP contribution in [-0.2, 0) is 19.4 Å². The Morgan fingerprint density at radius 2 is 1.95 bits per heavy atom. The molecule has 1 atom stereocenters. The molecule has 1 unspecified atom stereocenters. The van der Waals surface area contributed by atoms with Gasteiger partial charge in [-0.25, -0.2) is 4.79 Å². The summed E-state index contributed by atoms with van der Waals surface area (Å²) in [5, 5.41) is 19.3. The predicted octanol–water partition coefficient (Wildman–Crippen LogP) is 2.01. The molecule has 6 nitrogen and oxygen atoms in total. The molecule has 1 aromatic heterocycles. The number of nitrogens with one attached hydrogen (secondary N) is 2. The summed E-state index contributed by atoms with van der Waals surface area (Å²) in [4.78, 5) is 11.8. The molecular weight excluding hydrogens is 270 g/mol. The summed E-state index contributed by atoms with van der Waals surface area (Å²) >= 11 is 0. The summed E-state index contributed by atoms with van der Waals surface area (Å²) in [5.41, 5.74) is 1.57. The van der Waals surface area contributed by atoms with Crippen molar-refractivity contribution in [3.8, 4) is 0 Å². The predicted molar refractivity (Wildman–Crippen MR) is 81.0 cm³/mol. The minimum Gasteiger partial charge on any atom is -0.391 e. The number of aliphatic hydroxyl groups excluding tert-OH is 1. The van der Waals surface area contributed by atoms with Gasteiger partial charge in [0.05, 0.1) is 11.8 Å². The van der Waals surface area contributed by atoms with E-state index in [1.165, 1.54) is 0 Å². The van der Waals surface area contributed by atoms with Gasteiger partial charge in [-0.05, 0) is 11.8 Å². The fourth-order valence-electron chi connectivity index (χ4n) is 1.86. The maximum Gasteiger partial charge on any atom is 0.315 e. The van der Waals surface area contributed by atoms with Crippen molar-refractivity contribution in [2.75, 3.05) is 6.54 Å². The summed E-state index contributed by atoms with van der Waals surface area (Å²) in [5.74, 6) is 0.807. The number of carbonyl (C=O) groups excluding carboxylic acids is 1. The van der Waals surface area contributed by atoms with Gasteiger partial charge >= 0.3 is 6.03 Å². The number of aromatic nitrogens is 1. The summed E-state index contributed by atoms with van der Waals surface area (Å²) in [6.45, 7) is 10.4. The van der Waals surface area contributed by atoms with Gasteiger partial charge in [-0.1, -0.05) is 39.8 Å². The first-order chi connectivity index (χ1) is 9.79. The lowest BCUT2D eigenvalue weighted by Crippen LogP contribution is -2.43. The minimum atomic E-state index is -0.587. The van der Waals surface area contributed by atoms with Crippen LogP contribution in [0.5, 0.6) is 0 Å². The Labute approximate surface area is 126 Å². The third-order valence-corrected chi connectivity index (χ3v) is 3.49. The van der Waals surface area contributed by atoms with E-state index >= 15 is 0 Å². The number of urea groups is 1. The highest BCUT2D eigenvalue weighted by Crippen LogP contribution is 2.18. The summed E-state index contributed by atoms with van der Waals surface area (Å²) in [6, 6.07) is -0.302. The molecule has 0 saturated heterocycles. The van der Waals surface area contributed by atoms with Gasteiger partial charge in [-0.15, -0.1) is 0 Å². The first-order valence-electron chi connectivity index (χ1n) is 7.45. The Morgan fingerprint density at radius 3 is 2.48 bits per heavy atom. The second-order valence-corrected chi connectivity index (χ2v) is 6.18. The van der Waals surface area contributed by atoms with Gasteiger partial charge in [0, 0.05) is 25.1 Å². The molecule has 0 saturated carbocycles. The molecule has 0 spiro atoms. The van der Waals surface area contributed by atoms with E-state index in [9.17, 15) is 9.90 Å². The topological polar surface area (TPSA) is 87.4 Å². The third kappa shape index (κ3) is 5.04. The van der Waals surface area contributed by atoms with Crippen molar-refractivity contribution in [2.45, 2.75) is 60.1 Å². The normalized spacial score (nSPS) is 13.0. The summed E-state index contributed by atoms with van der Waals surface area (Å²) < 4.78 is 5.25. The van der Waals surface area contributed by atoms with E-state index in [0.717, 1.165) is 29.9 Å². The zero-order chi connectivity index (χ0) is 16.0. The molecule has 1 aromatic rings. The molecule has 0 aliphatic carbocycles. The molecule has 0 aliphatic rings. The van der Waals surface area contributed by atoms with Crippen LogP contribution in [0.4, 0.5) is 4.79 Å². The first kappa shape index (κ1) is 17.5. The lowest BCUT2D eigenvalue weighted by atomic mass is 9.89. The van der Waals surface area contributed by atoms with E-state index in [1.54, 1.807) is 0 Å². The standard InChI is InChI=1S/C15H27N3O3/c1-6-11-10(12(7-2)21-18-11)8-16-14(20)17-9-13(19)15(3,4)5/h13,19H,6-9H2,1-5H3,(H2,16,17,20). The van der Waals surface area contributed by atoms with Crippen LogP contribution in [-0.4, -0.2) is 28.9 Å². The van der Waals surface area contributed by atoms with E-state index < -0.39 is 6.10 Å².